The number of alkyl halides is 2. The Kier molecular flexibility index (Phi) is 8.83. The van der Waals surface area contributed by atoms with Crippen molar-refractivity contribution in [2.75, 3.05) is 13.1 Å². The Balaban J connectivity index is 1.26. The van der Waals surface area contributed by atoms with Crippen molar-refractivity contribution >= 4 is 46.7 Å². The van der Waals surface area contributed by atoms with Gasteiger partial charge in [-0.1, -0.05) is 81.4 Å². The van der Waals surface area contributed by atoms with E-state index in [1.54, 1.807) is 4.90 Å². The number of hydrogen-bond acceptors (Lipinski definition) is 5. The number of thiophene rings is 1. The molecule has 48 heavy (non-hydrogen) atoms. The van der Waals surface area contributed by atoms with Crippen LogP contribution in [0, 0.1) is 5.41 Å². The average Bonchev–Trinajstić information content (AvgIpc) is 3.79. The van der Waals surface area contributed by atoms with E-state index in [-0.39, 0.29) is 28.6 Å². The third kappa shape index (κ3) is 6.30. The Morgan fingerprint density at radius 3 is 2.35 bits per heavy atom. The Hall–Kier alpha value is -3.96. The normalized spacial score (nSPS) is 19.0. The summed E-state index contributed by atoms with van der Waals surface area (Å²) in [6.07, 6.45) is 0.812. The second-order valence-electron chi connectivity index (χ2n) is 13.5. The van der Waals surface area contributed by atoms with E-state index < -0.39 is 48.1 Å². The van der Waals surface area contributed by atoms with Gasteiger partial charge in [-0.3, -0.25) is 18.9 Å². The van der Waals surface area contributed by atoms with Crippen LogP contribution in [0.15, 0.2) is 78.9 Å². The lowest BCUT2D eigenvalue weighted by molar-refractivity contribution is -0.147. The predicted octanol–water partition coefficient (Wildman–Crippen LogP) is 6.37. The quantitative estimate of drug-likeness (QED) is 0.193. The highest BCUT2D eigenvalue weighted by atomic mass is 32.1. The molecule has 252 valence electrons. The molecule has 1 aromatic heterocycles. The number of amides is 3. The molecule has 2 aliphatic rings. The molecule has 0 saturated carbocycles. The van der Waals surface area contributed by atoms with Gasteiger partial charge in [0.1, 0.15) is 12.1 Å². The van der Waals surface area contributed by atoms with E-state index in [9.17, 15) is 27.7 Å². The monoisotopic (exact) mass is 695 g/mol. The lowest BCUT2D eigenvalue weighted by Gasteiger charge is -2.36. The number of halogens is 2. The minimum atomic E-state index is -5.78. The Morgan fingerprint density at radius 1 is 0.979 bits per heavy atom. The van der Waals surface area contributed by atoms with Gasteiger partial charge < -0.3 is 24.9 Å². The zero-order valence-corrected chi connectivity index (χ0v) is 28.3. The topological polar surface area (TPSA) is 127 Å². The molecule has 0 aliphatic carbocycles. The van der Waals surface area contributed by atoms with Gasteiger partial charge in [0, 0.05) is 35.8 Å². The van der Waals surface area contributed by atoms with Crippen LogP contribution in [-0.4, -0.2) is 56.4 Å². The van der Waals surface area contributed by atoms with Gasteiger partial charge in [0.25, 0.3) is 5.91 Å². The van der Waals surface area contributed by atoms with Crippen LogP contribution in [0.25, 0.3) is 10.1 Å². The second kappa shape index (κ2) is 12.5. The van der Waals surface area contributed by atoms with E-state index in [1.807, 2.05) is 68.1 Å². The molecule has 4 aromatic rings. The number of likely N-dealkylation sites (tertiary alicyclic amines) is 1. The van der Waals surface area contributed by atoms with Crippen molar-refractivity contribution < 1.29 is 37.5 Å². The molecule has 2 unspecified atom stereocenters. The second-order valence-corrected chi connectivity index (χ2v) is 16.2. The summed E-state index contributed by atoms with van der Waals surface area (Å²) in [6, 6.07) is 20.1. The summed E-state index contributed by atoms with van der Waals surface area (Å²) in [5.74, 6) is -1.01. The van der Waals surface area contributed by atoms with Crippen molar-refractivity contribution in [3.63, 3.8) is 0 Å². The van der Waals surface area contributed by atoms with E-state index in [1.165, 1.54) is 12.1 Å². The van der Waals surface area contributed by atoms with Gasteiger partial charge in [-0.2, -0.15) is 8.78 Å². The van der Waals surface area contributed by atoms with E-state index in [4.69, 9.17) is 9.79 Å². The third-order valence-corrected chi connectivity index (χ3v) is 11.2. The first kappa shape index (κ1) is 33.9. The highest BCUT2D eigenvalue weighted by Gasteiger charge is 2.50. The smallest absolute Gasteiger partial charge is 0.340 e. The van der Waals surface area contributed by atoms with Crippen molar-refractivity contribution in [3.05, 3.63) is 106 Å². The van der Waals surface area contributed by atoms with Gasteiger partial charge in [-0.05, 0) is 52.1 Å². The first-order valence-corrected chi connectivity index (χ1v) is 18.0. The van der Waals surface area contributed by atoms with Gasteiger partial charge in [0.05, 0.1) is 4.88 Å². The van der Waals surface area contributed by atoms with Crippen LogP contribution >= 0.6 is 18.9 Å². The summed E-state index contributed by atoms with van der Waals surface area (Å²) < 4.78 is 40.6. The average molecular weight is 696 g/mol. The molecular formula is C35H36F2N3O6PS. The zero-order valence-electron chi connectivity index (χ0n) is 26.6. The van der Waals surface area contributed by atoms with Crippen LogP contribution in [0.3, 0.4) is 0 Å². The minimum absolute atomic E-state index is 0.130. The minimum Gasteiger partial charge on any atom is -0.340 e. The summed E-state index contributed by atoms with van der Waals surface area (Å²) in [5, 5.41) is 3.05. The van der Waals surface area contributed by atoms with Crippen LogP contribution in [0.4, 0.5) is 8.78 Å². The highest BCUT2D eigenvalue weighted by molar-refractivity contribution is 7.52. The summed E-state index contributed by atoms with van der Waals surface area (Å²) in [6.45, 7) is 6.72. The summed E-state index contributed by atoms with van der Waals surface area (Å²) in [4.78, 5) is 64.1. The van der Waals surface area contributed by atoms with Gasteiger partial charge >= 0.3 is 13.3 Å². The molecule has 3 amide bonds. The molecule has 6 rings (SSSR count). The van der Waals surface area contributed by atoms with Crippen LogP contribution in [0.5, 0.6) is 0 Å². The van der Waals surface area contributed by atoms with Crippen LogP contribution in [0.2, 0.25) is 0 Å². The van der Waals surface area contributed by atoms with Crippen molar-refractivity contribution in [2.24, 2.45) is 5.41 Å². The molecule has 9 nitrogen and oxygen atoms in total. The molecule has 3 atom stereocenters. The predicted molar refractivity (Wildman–Crippen MR) is 179 cm³/mol. The summed E-state index contributed by atoms with van der Waals surface area (Å²) in [7, 11) is -5.78. The fourth-order valence-electron chi connectivity index (χ4n) is 6.52. The molecule has 0 spiro atoms. The SMILES string of the molecule is CC(C)(C)C(NC(=O)c1cc2cc(C(F)(F)P(=O)(O)O)ccc2s1)C(=O)N1Cc2ccccc2[C@H]1C(=O)N1CCC(c2ccccc2)C1. The number of nitrogens with zero attached hydrogens (tertiary/aromatic N) is 2. The lowest BCUT2D eigenvalue weighted by atomic mass is 9.85. The van der Waals surface area contributed by atoms with Crippen molar-refractivity contribution in [1.82, 2.24) is 15.1 Å². The number of rotatable bonds is 7. The van der Waals surface area contributed by atoms with E-state index in [0.717, 1.165) is 46.6 Å². The fourth-order valence-corrected chi connectivity index (χ4v) is 7.94. The van der Waals surface area contributed by atoms with Crippen molar-refractivity contribution in [3.8, 4) is 0 Å². The van der Waals surface area contributed by atoms with Crippen LogP contribution in [0.1, 0.15) is 71.1 Å². The van der Waals surface area contributed by atoms with Gasteiger partial charge in [-0.25, -0.2) is 0 Å². The summed E-state index contributed by atoms with van der Waals surface area (Å²) >= 11 is 1.00. The van der Waals surface area contributed by atoms with Gasteiger partial charge in [-0.15, -0.1) is 11.3 Å². The molecule has 13 heteroatoms. The van der Waals surface area contributed by atoms with Crippen LogP contribution in [-0.2, 0) is 26.4 Å². The number of carbonyl (C=O) groups is 3. The fraction of sp³-hybridized carbons (Fsp3) is 0.343. The molecule has 1 saturated heterocycles. The largest absolute Gasteiger partial charge is 0.399 e. The molecule has 0 bridgehead atoms. The number of fused-ring (bicyclic) bond motifs is 2. The number of benzene rings is 3. The van der Waals surface area contributed by atoms with Gasteiger partial charge in [0.2, 0.25) is 11.8 Å². The van der Waals surface area contributed by atoms with Gasteiger partial charge in [0.15, 0.2) is 0 Å². The maximum absolute atomic E-state index is 14.5. The number of carbonyl (C=O) groups excluding carboxylic acids is 3. The molecule has 0 radical (unpaired) electrons. The lowest BCUT2D eigenvalue weighted by Crippen LogP contribution is -2.55. The number of hydrogen-bond donors (Lipinski definition) is 3. The van der Waals surface area contributed by atoms with Crippen LogP contribution < -0.4 is 5.32 Å². The van der Waals surface area contributed by atoms with Crippen molar-refractivity contribution in [2.45, 2.75) is 57.4 Å². The molecule has 3 aromatic carbocycles. The zero-order chi connectivity index (χ0) is 34.6. The number of nitrogens with one attached hydrogen (secondary N) is 1. The van der Waals surface area contributed by atoms with E-state index in [2.05, 4.69) is 17.4 Å². The Morgan fingerprint density at radius 2 is 1.67 bits per heavy atom. The molecule has 3 heterocycles. The molecular weight excluding hydrogens is 659 g/mol. The first-order valence-electron chi connectivity index (χ1n) is 15.6. The first-order chi connectivity index (χ1) is 22.6. The van der Waals surface area contributed by atoms with E-state index in [0.29, 0.717) is 17.8 Å². The van der Waals surface area contributed by atoms with E-state index >= 15 is 0 Å². The maximum Gasteiger partial charge on any atom is 0.399 e. The third-order valence-electron chi connectivity index (χ3n) is 9.13. The highest BCUT2D eigenvalue weighted by Crippen LogP contribution is 2.59. The molecule has 3 N–H and O–H groups in total. The molecule has 2 aliphatic heterocycles. The standard InChI is InChI=1S/C35H36F2N3O6PS/c1-34(2,3)30(38-31(41)28-18-24-17-25(13-14-27(24)48-28)35(36,37)47(44,45)46)33(43)40-20-23-11-7-8-12-26(23)29(40)32(42)39-16-15-22(19-39)21-9-5-4-6-10-21/h4-14,17-18,22,29-30H,15-16,19-20H2,1-3H3,(H,38,41)(H2,44,45,46)/t22?,29-,30?/m0/s1. The molecule has 1 fully saturated rings. The maximum atomic E-state index is 14.5. The Labute approximate surface area is 280 Å². The Bertz CT molecular complexity index is 1940. The summed E-state index contributed by atoms with van der Waals surface area (Å²) in [5.41, 5.74) is -3.27. The van der Waals surface area contributed by atoms with Crippen molar-refractivity contribution in [1.29, 1.82) is 0 Å².